The summed E-state index contributed by atoms with van der Waals surface area (Å²) in [7, 11) is 1.61. The molecule has 1 aliphatic rings. The van der Waals surface area contributed by atoms with E-state index in [1.165, 1.54) is 5.56 Å². The summed E-state index contributed by atoms with van der Waals surface area (Å²) in [6, 6.07) is 23.1. The van der Waals surface area contributed by atoms with Gasteiger partial charge in [-0.3, -0.25) is 9.69 Å². The minimum Gasteiger partial charge on any atom is -0.503 e. The van der Waals surface area contributed by atoms with Crippen LogP contribution in [0, 0.1) is 6.92 Å². The lowest BCUT2D eigenvalue weighted by Crippen LogP contribution is -2.30. The van der Waals surface area contributed by atoms with E-state index in [9.17, 15) is 9.90 Å². The minimum atomic E-state index is -0.426. The average molecular weight is 414 g/mol. The molecular weight excluding hydrogens is 386 g/mol. The van der Waals surface area contributed by atoms with Gasteiger partial charge in [-0.05, 0) is 53.8 Å². The van der Waals surface area contributed by atoms with Crippen molar-refractivity contribution < 1.29 is 14.6 Å². The Labute approximate surface area is 183 Å². The number of aliphatic hydroxyl groups excluding tert-OH is 1. The molecule has 4 rings (SSSR count). The fourth-order valence-corrected chi connectivity index (χ4v) is 4.02. The van der Waals surface area contributed by atoms with Gasteiger partial charge < -0.3 is 9.84 Å². The summed E-state index contributed by atoms with van der Waals surface area (Å²) in [5.74, 6) is 0.523. The summed E-state index contributed by atoms with van der Waals surface area (Å²) in [6.07, 6.45) is 0. The van der Waals surface area contributed by atoms with E-state index in [0.717, 1.165) is 28.1 Å². The zero-order valence-electron chi connectivity index (χ0n) is 18.3. The molecule has 1 aliphatic heterocycles. The van der Waals surface area contributed by atoms with E-state index >= 15 is 0 Å². The second-order valence-electron chi connectivity index (χ2n) is 8.23. The second-order valence-corrected chi connectivity index (χ2v) is 8.23. The van der Waals surface area contributed by atoms with Crippen LogP contribution in [-0.4, -0.2) is 18.1 Å². The highest BCUT2D eigenvalue weighted by Gasteiger charge is 2.42. The first-order valence-electron chi connectivity index (χ1n) is 10.5. The molecule has 1 atom stereocenters. The Bertz CT molecular complexity index is 1110. The smallest absolute Gasteiger partial charge is 0.294 e. The number of methoxy groups -OCH3 is 1. The number of carbonyl (C=O) groups excluding carboxylic acids is 1. The quantitative estimate of drug-likeness (QED) is 0.543. The fraction of sp³-hybridized carbons (Fsp3) is 0.222. The van der Waals surface area contributed by atoms with E-state index < -0.39 is 11.9 Å². The first kappa shape index (κ1) is 20.7. The van der Waals surface area contributed by atoms with Gasteiger partial charge in [-0.2, -0.15) is 0 Å². The zero-order valence-corrected chi connectivity index (χ0v) is 18.3. The molecule has 4 heteroatoms. The van der Waals surface area contributed by atoms with Crippen LogP contribution in [0.5, 0.6) is 5.75 Å². The molecule has 0 bridgehead atoms. The van der Waals surface area contributed by atoms with Crippen LogP contribution in [0.3, 0.4) is 0 Å². The van der Waals surface area contributed by atoms with Crippen molar-refractivity contribution in [3.05, 3.63) is 101 Å². The van der Waals surface area contributed by atoms with Crippen LogP contribution in [0.15, 0.2) is 78.6 Å². The van der Waals surface area contributed by atoms with Gasteiger partial charge in [-0.25, -0.2) is 0 Å². The van der Waals surface area contributed by atoms with E-state index in [1.807, 2.05) is 55.5 Å². The maximum atomic E-state index is 13.2. The normalized spacial score (nSPS) is 16.4. The van der Waals surface area contributed by atoms with Crippen LogP contribution in [0.25, 0.3) is 5.57 Å². The lowest BCUT2D eigenvalue weighted by molar-refractivity contribution is -0.117. The Morgan fingerprint density at radius 2 is 1.52 bits per heavy atom. The maximum absolute atomic E-state index is 13.2. The van der Waals surface area contributed by atoms with E-state index in [-0.39, 0.29) is 5.76 Å². The highest BCUT2D eigenvalue weighted by atomic mass is 16.5. The Hall–Kier alpha value is -3.53. The third-order valence-electron chi connectivity index (χ3n) is 5.84. The van der Waals surface area contributed by atoms with Gasteiger partial charge in [0, 0.05) is 11.3 Å². The molecular formula is C27H27NO3. The first-order chi connectivity index (χ1) is 14.9. The van der Waals surface area contributed by atoms with E-state index in [4.69, 9.17) is 4.74 Å². The van der Waals surface area contributed by atoms with Crippen molar-refractivity contribution in [2.45, 2.75) is 32.7 Å². The molecule has 1 heterocycles. The molecule has 3 aromatic rings. The summed E-state index contributed by atoms with van der Waals surface area (Å²) >= 11 is 0. The van der Waals surface area contributed by atoms with Crippen molar-refractivity contribution in [3.8, 4) is 5.75 Å². The summed E-state index contributed by atoms with van der Waals surface area (Å²) in [4.78, 5) is 14.9. The molecule has 31 heavy (non-hydrogen) atoms. The number of anilines is 1. The molecule has 158 valence electrons. The molecule has 0 fully saturated rings. The Morgan fingerprint density at radius 1 is 0.903 bits per heavy atom. The van der Waals surface area contributed by atoms with Gasteiger partial charge in [0.25, 0.3) is 5.91 Å². The Balaban J connectivity index is 1.86. The topological polar surface area (TPSA) is 49.8 Å². The van der Waals surface area contributed by atoms with Crippen LogP contribution in [-0.2, 0) is 4.79 Å². The summed E-state index contributed by atoms with van der Waals surface area (Å²) in [5.41, 5.74) is 5.44. The molecule has 0 radical (unpaired) electrons. The minimum absolute atomic E-state index is 0.219. The van der Waals surface area contributed by atoms with Crippen molar-refractivity contribution in [1.29, 1.82) is 0 Å². The highest BCUT2D eigenvalue weighted by molar-refractivity contribution is 6.16. The summed E-state index contributed by atoms with van der Waals surface area (Å²) in [6.45, 7) is 6.32. The molecule has 1 N–H and O–H groups in total. The lowest BCUT2D eigenvalue weighted by Gasteiger charge is -2.28. The Kier molecular flexibility index (Phi) is 5.55. The van der Waals surface area contributed by atoms with Crippen LogP contribution < -0.4 is 9.64 Å². The van der Waals surface area contributed by atoms with Gasteiger partial charge in [0.05, 0.1) is 13.2 Å². The number of carbonyl (C=O) groups is 1. The maximum Gasteiger partial charge on any atom is 0.294 e. The van der Waals surface area contributed by atoms with E-state index in [1.54, 1.807) is 12.0 Å². The summed E-state index contributed by atoms with van der Waals surface area (Å²) < 4.78 is 5.27. The first-order valence-corrected chi connectivity index (χ1v) is 10.5. The average Bonchev–Trinajstić information content (AvgIpc) is 3.05. The molecule has 1 amide bonds. The molecule has 4 nitrogen and oxygen atoms in total. The van der Waals surface area contributed by atoms with Gasteiger partial charge >= 0.3 is 0 Å². The molecule has 0 saturated carbocycles. The molecule has 0 unspecified atom stereocenters. The van der Waals surface area contributed by atoms with Crippen LogP contribution in [0.2, 0.25) is 0 Å². The number of aliphatic hydroxyl groups is 1. The number of rotatable bonds is 5. The predicted octanol–water partition coefficient (Wildman–Crippen LogP) is 6.18. The monoisotopic (exact) mass is 413 g/mol. The number of hydrogen-bond acceptors (Lipinski definition) is 3. The highest BCUT2D eigenvalue weighted by Crippen LogP contribution is 2.45. The van der Waals surface area contributed by atoms with Crippen molar-refractivity contribution in [2.24, 2.45) is 0 Å². The van der Waals surface area contributed by atoms with Gasteiger partial charge in [0.1, 0.15) is 5.75 Å². The zero-order chi connectivity index (χ0) is 22.1. The third kappa shape index (κ3) is 3.81. The van der Waals surface area contributed by atoms with Crippen molar-refractivity contribution in [3.63, 3.8) is 0 Å². The van der Waals surface area contributed by atoms with Gasteiger partial charge in [-0.15, -0.1) is 0 Å². The largest absolute Gasteiger partial charge is 0.503 e. The fourth-order valence-electron chi connectivity index (χ4n) is 4.02. The SMILES string of the molecule is COc1ccc(C2=C(O)C(=O)N(c3ccc(C)cc3)[C@H]2c2ccc(C(C)C)cc2)cc1. The molecule has 0 spiro atoms. The van der Waals surface area contributed by atoms with Gasteiger partial charge in [-0.1, -0.05) is 67.9 Å². The molecule has 0 aromatic heterocycles. The second kappa shape index (κ2) is 8.31. The Morgan fingerprint density at radius 3 is 2.06 bits per heavy atom. The third-order valence-corrected chi connectivity index (χ3v) is 5.84. The van der Waals surface area contributed by atoms with Crippen LogP contribution in [0.4, 0.5) is 5.69 Å². The lowest BCUT2D eigenvalue weighted by atomic mass is 9.91. The number of benzene rings is 3. The van der Waals surface area contributed by atoms with Crippen LogP contribution >= 0.6 is 0 Å². The van der Waals surface area contributed by atoms with Crippen molar-refractivity contribution in [1.82, 2.24) is 0 Å². The molecule has 0 aliphatic carbocycles. The van der Waals surface area contributed by atoms with Gasteiger partial charge in [0.15, 0.2) is 5.76 Å². The number of hydrogen-bond donors (Lipinski definition) is 1. The van der Waals surface area contributed by atoms with Crippen molar-refractivity contribution in [2.75, 3.05) is 12.0 Å². The van der Waals surface area contributed by atoms with Gasteiger partial charge in [0.2, 0.25) is 0 Å². The van der Waals surface area contributed by atoms with E-state index in [2.05, 4.69) is 38.1 Å². The number of amides is 1. The number of ether oxygens (including phenoxy) is 1. The number of nitrogens with zero attached hydrogens (tertiary/aromatic N) is 1. The molecule has 0 saturated heterocycles. The standard InChI is InChI=1S/C27H27NO3/c1-17(2)19-7-9-21(10-8-19)25-24(20-11-15-23(31-4)16-12-20)26(29)27(30)28(25)22-13-5-18(3)6-14-22/h5-17,25,29H,1-4H3/t25-/m0/s1. The number of aryl methyl sites for hydroxylation is 1. The van der Waals surface area contributed by atoms with Crippen LogP contribution in [0.1, 0.15) is 48.1 Å². The summed E-state index contributed by atoms with van der Waals surface area (Å²) in [5, 5.41) is 11.0. The van der Waals surface area contributed by atoms with E-state index in [0.29, 0.717) is 11.5 Å². The molecule has 3 aromatic carbocycles. The van der Waals surface area contributed by atoms with Crippen molar-refractivity contribution >= 4 is 17.2 Å². The predicted molar refractivity (Wildman–Crippen MR) is 124 cm³/mol.